The number of methoxy groups -OCH3 is 2. The third-order valence-electron chi connectivity index (χ3n) is 18.5. The maximum atomic E-state index is 14.8. The number of aliphatic hydroxyl groups excluding tert-OH is 1. The molecule has 1 unspecified atom stereocenters. The molecule has 2 aromatic rings. The fraction of sp³-hybridized carbons (Fsp3) is 0.667. The summed E-state index contributed by atoms with van der Waals surface area (Å²) < 4.78 is 23.2. The zero-order valence-electron chi connectivity index (χ0n) is 62.1. The number of aliphatic hydroxyl groups is 1. The smallest absolute Gasteiger partial charge is 0.410 e. The van der Waals surface area contributed by atoms with Gasteiger partial charge in [0, 0.05) is 72.3 Å². The standard InChI is InChI=1S/C72H116N12O17/c1-17-45(10)62(55(98-15)39-58(88)84-36-22-26-53(84)64(99-16)46(11)65(90)76-47(12)63(89)49-23-19-18-20-24-49)82(13)70(95)60(43(6)7)81-69(94)61(44(8)9)83(14)72(97)101-40-48-27-29-50(30-28-48)77-66(91)51(25-21-35-75-71(74)96)79-68(93)59(42(4)5)80-67(92)52(31-32-56(73)86)78-57(87)34-38-100-37-33-54(85)41(2)3/h18-20,23-24,27-30,41-47,51-53,55,59-64,89H,17,21-22,25-26,31-40H2,1-16H3,(H2,73,86)(H,76,90)(H,77,91)(H,78,87)(H,79,93)(H,80,92)(H,81,94)(H3,74,75,96)/t45-,46+,47+,51-,52-,53-,55+,59-,60-,61?,62-,63+,64+/m0/s1. The van der Waals surface area contributed by atoms with E-state index >= 15 is 0 Å². The lowest BCUT2D eigenvalue weighted by atomic mass is 9.89. The van der Waals surface area contributed by atoms with E-state index in [2.05, 4.69) is 37.2 Å². The van der Waals surface area contributed by atoms with E-state index in [4.69, 9.17) is 30.4 Å². The first-order valence-electron chi connectivity index (χ1n) is 35.2. The number of ketones is 1. The maximum Gasteiger partial charge on any atom is 0.410 e. The first-order valence-corrected chi connectivity index (χ1v) is 35.2. The number of likely N-dealkylation sites (tertiary alicyclic amines) is 1. The number of amides is 12. The predicted octanol–water partition coefficient (Wildman–Crippen LogP) is 4.36. The Labute approximate surface area is 595 Å². The van der Waals surface area contributed by atoms with E-state index < -0.39 is 144 Å². The quantitative estimate of drug-likeness (QED) is 0.0412. The van der Waals surface area contributed by atoms with Gasteiger partial charge in [0.1, 0.15) is 42.6 Å². The van der Waals surface area contributed by atoms with E-state index in [9.17, 15) is 62.6 Å². The van der Waals surface area contributed by atoms with Gasteiger partial charge in [0.15, 0.2) is 0 Å². The number of anilines is 1. The number of likely N-dealkylation sites (N-methyl/N-ethyl adjacent to an activating group) is 2. The lowest BCUT2D eigenvalue weighted by molar-refractivity contribution is -0.148. The molecule has 0 spiro atoms. The molecule has 0 aromatic heterocycles. The fourth-order valence-corrected chi connectivity index (χ4v) is 12.2. The van der Waals surface area contributed by atoms with Gasteiger partial charge in [0.05, 0.1) is 62.0 Å². The molecule has 1 aliphatic rings. The van der Waals surface area contributed by atoms with Crippen LogP contribution in [0.3, 0.4) is 0 Å². The van der Waals surface area contributed by atoms with E-state index in [1.807, 2.05) is 32.0 Å². The second-order valence-corrected chi connectivity index (χ2v) is 27.6. The van der Waals surface area contributed by atoms with Gasteiger partial charge in [0.2, 0.25) is 53.2 Å². The molecule has 0 saturated carbocycles. The number of nitrogens with zero attached hydrogens (tertiary/aromatic N) is 3. The first kappa shape index (κ1) is 86.9. The van der Waals surface area contributed by atoms with E-state index in [-0.39, 0.29) is 106 Å². The molecule has 0 radical (unpaired) electrons. The number of Topliss-reactive ketones (excluding diaryl/α,β-unsaturated/α-hetero) is 1. The summed E-state index contributed by atoms with van der Waals surface area (Å²) >= 11 is 0. The molecule has 0 aliphatic carbocycles. The van der Waals surface area contributed by atoms with Crippen molar-refractivity contribution < 1.29 is 81.6 Å². The fourth-order valence-electron chi connectivity index (χ4n) is 12.2. The molecule has 566 valence electrons. The Balaban J connectivity index is 1.72. The van der Waals surface area contributed by atoms with Gasteiger partial charge in [-0.25, -0.2) is 9.59 Å². The van der Waals surface area contributed by atoms with Crippen molar-refractivity contribution >= 4 is 76.8 Å². The third-order valence-corrected chi connectivity index (χ3v) is 18.5. The number of carbonyl (C=O) groups is 12. The highest BCUT2D eigenvalue weighted by Crippen LogP contribution is 2.31. The highest BCUT2D eigenvalue weighted by atomic mass is 16.6. The monoisotopic (exact) mass is 1420 g/mol. The number of nitrogens with two attached hydrogens (primary N) is 2. The van der Waals surface area contributed by atoms with Crippen LogP contribution in [0.4, 0.5) is 15.3 Å². The SMILES string of the molecule is CC[C@H](C)[C@@H]([C@@H](CC(=O)N1CCC[C@H]1[C@H](OC)[C@@H](C)C(=O)N[C@H](C)[C@@H](O)c1ccccc1)OC)N(C)C(=O)[C@@H](NC(=O)C(C(C)C)N(C)C(=O)OCc1ccc(NC(=O)[C@H](CCCNC(N)=O)NC(=O)[C@@H](NC(=O)[C@H](CCC(N)=O)NC(=O)CCOCCC(=O)C(C)C)C(C)C)cc1)C(C)C. The van der Waals surface area contributed by atoms with Gasteiger partial charge >= 0.3 is 12.1 Å². The van der Waals surface area contributed by atoms with Crippen molar-refractivity contribution in [3.8, 4) is 0 Å². The Kier molecular flexibility index (Phi) is 37.5. The lowest BCUT2D eigenvalue weighted by Crippen LogP contribution is -2.60. The minimum absolute atomic E-state index is 0.00282. The van der Waals surface area contributed by atoms with Crippen molar-refractivity contribution in [2.75, 3.05) is 59.9 Å². The number of benzene rings is 2. The van der Waals surface area contributed by atoms with Gasteiger partial charge in [-0.1, -0.05) is 125 Å². The zero-order chi connectivity index (χ0) is 76.0. The number of urea groups is 1. The Hall–Kier alpha value is -8.28. The largest absolute Gasteiger partial charge is 0.445 e. The molecule has 1 aliphatic heterocycles. The Morgan fingerprint density at radius 2 is 1.28 bits per heavy atom. The average Bonchev–Trinajstić information content (AvgIpc) is 1.80. The van der Waals surface area contributed by atoms with E-state index in [0.29, 0.717) is 36.9 Å². The summed E-state index contributed by atoms with van der Waals surface area (Å²) in [5.41, 5.74) is 12.1. The first-order chi connectivity index (χ1) is 47.6. The van der Waals surface area contributed by atoms with Crippen molar-refractivity contribution in [3.05, 3.63) is 65.7 Å². The molecular formula is C72H116N12O17. The normalized spacial score (nSPS) is 16.6. The maximum absolute atomic E-state index is 14.8. The van der Waals surface area contributed by atoms with Gasteiger partial charge < -0.3 is 82.5 Å². The topological polar surface area (TPSA) is 408 Å². The van der Waals surface area contributed by atoms with Gasteiger partial charge in [-0.3, -0.25) is 52.8 Å². The molecule has 12 N–H and O–H groups in total. The Morgan fingerprint density at radius 1 is 0.663 bits per heavy atom. The summed E-state index contributed by atoms with van der Waals surface area (Å²) in [5, 5.41) is 29.9. The number of primary amides is 2. The Bertz CT molecular complexity index is 3030. The summed E-state index contributed by atoms with van der Waals surface area (Å²) in [7, 11) is 6.04. The molecule has 29 heteroatoms. The molecule has 1 saturated heterocycles. The number of rotatable bonds is 44. The predicted molar refractivity (Wildman–Crippen MR) is 379 cm³/mol. The van der Waals surface area contributed by atoms with Crippen molar-refractivity contribution in [2.24, 2.45) is 47.0 Å². The van der Waals surface area contributed by atoms with Crippen LogP contribution in [-0.4, -0.2) is 206 Å². The molecular weight excluding hydrogens is 1300 g/mol. The molecule has 1 heterocycles. The van der Waals surface area contributed by atoms with Crippen LogP contribution in [0, 0.1) is 35.5 Å². The summed E-state index contributed by atoms with van der Waals surface area (Å²) in [5.74, 6) is -7.72. The van der Waals surface area contributed by atoms with Crippen molar-refractivity contribution in [1.29, 1.82) is 0 Å². The van der Waals surface area contributed by atoms with Crippen LogP contribution in [0.1, 0.15) is 165 Å². The average molecular weight is 1420 g/mol. The second kappa shape index (κ2) is 43.5. The van der Waals surface area contributed by atoms with Crippen LogP contribution >= 0.6 is 0 Å². The highest BCUT2D eigenvalue weighted by Gasteiger charge is 2.44. The van der Waals surface area contributed by atoms with Crippen LogP contribution < -0.4 is 48.7 Å². The van der Waals surface area contributed by atoms with E-state index in [0.717, 1.165) is 4.90 Å². The number of hydrogen-bond acceptors (Lipinski definition) is 17. The number of ether oxygens (including phenoxy) is 4. The molecule has 1 fully saturated rings. The van der Waals surface area contributed by atoms with Crippen molar-refractivity contribution in [2.45, 2.75) is 221 Å². The molecule has 0 bridgehead atoms. The number of hydrogen-bond donors (Lipinski definition) is 10. The third kappa shape index (κ3) is 27.9. The molecule has 3 rings (SSSR count). The van der Waals surface area contributed by atoms with Gasteiger partial charge in [0.25, 0.3) is 0 Å². The molecule has 13 atom stereocenters. The molecule has 2 aromatic carbocycles. The highest BCUT2D eigenvalue weighted by molar-refractivity contribution is 5.99. The van der Waals surface area contributed by atoms with Crippen LogP contribution in [0.25, 0.3) is 0 Å². The van der Waals surface area contributed by atoms with Crippen LogP contribution in [-0.2, 0) is 73.5 Å². The Morgan fingerprint density at radius 3 is 1.84 bits per heavy atom. The summed E-state index contributed by atoms with van der Waals surface area (Å²) in [6.07, 6.45) is -1.82. The summed E-state index contributed by atoms with van der Waals surface area (Å²) in [4.78, 5) is 166. The van der Waals surface area contributed by atoms with Gasteiger partial charge in [-0.15, -0.1) is 0 Å². The minimum atomic E-state index is -1.29. The summed E-state index contributed by atoms with van der Waals surface area (Å²) in [6, 6.07) is 6.79. The molecule has 12 amide bonds. The molecule has 101 heavy (non-hydrogen) atoms. The van der Waals surface area contributed by atoms with Gasteiger partial charge in [-0.2, -0.15) is 0 Å². The number of nitrogens with one attached hydrogen (secondary N) is 7. The van der Waals surface area contributed by atoms with Gasteiger partial charge in [-0.05, 0) is 86.0 Å². The molecule has 29 nitrogen and oxygen atoms in total. The summed E-state index contributed by atoms with van der Waals surface area (Å²) in [6.45, 7) is 21.6. The van der Waals surface area contributed by atoms with Crippen molar-refractivity contribution in [1.82, 2.24) is 46.6 Å². The van der Waals surface area contributed by atoms with Crippen LogP contribution in [0.5, 0.6) is 0 Å². The van der Waals surface area contributed by atoms with Crippen LogP contribution in [0.15, 0.2) is 54.6 Å². The van der Waals surface area contributed by atoms with E-state index in [1.165, 1.54) is 38.3 Å². The second-order valence-electron chi connectivity index (χ2n) is 27.6. The zero-order valence-corrected chi connectivity index (χ0v) is 62.1. The minimum Gasteiger partial charge on any atom is -0.445 e. The van der Waals surface area contributed by atoms with Crippen LogP contribution in [0.2, 0.25) is 0 Å². The lowest BCUT2D eigenvalue weighted by Gasteiger charge is -2.41. The van der Waals surface area contributed by atoms with Crippen molar-refractivity contribution in [3.63, 3.8) is 0 Å². The van der Waals surface area contributed by atoms with E-state index in [1.54, 1.807) is 105 Å². The number of carbonyl (C=O) groups excluding carboxylic acids is 12.